The molecular formula is C32H27N5O4. The molecule has 0 spiro atoms. The van der Waals surface area contributed by atoms with Crippen LogP contribution in [0.5, 0.6) is 0 Å². The number of hydrogen-bond donors (Lipinski definition) is 1. The second-order valence-electron chi connectivity index (χ2n) is 9.71. The highest BCUT2D eigenvalue weighted by Gasteiger charge is 2.41. The van der Waals surface area contributed by atoms with Crippen molar-refractivity contribution in [2.45, 2.75) is 6.04 Å². The maximum Gasteiger partial charge on any atom is 0.329 e. The molecule has 0 saturated carbocycles. The van der Waals surface area contributed by atoms with Crippen molar-refractivity contribution in [2.75, 3.05) is 29.4 Å². The average Bonchev–Trinajstić information content (AvgIpc) is 3.18. The Kier molecular flexibility index (Phi) is 6.91. The van der Waals surface area contributed by atoms with E-state index in [4.69, 9.17) is 0 Å². The van der Waals surface area contributed by atoms with Gasteiger partial charge in [0, 0.05) is 24.9 Å². The number of urea groups is 2. The number of hydrogen-bond acceptors (Lipinski definition) is 4. The Labute approximate surface area is 237 Å². The largest absolute Gasteiger partial charge is 0.480 e. The summed E-state index contributed by atoms with van der Waals surface area (Å²) in [6.07, 6.45) is 1.72. The van der Waals surface area contributed by atoms with Gasteiger partial charge in [-0.05, 0) is 42.5 Å². The number of anilines is 4. The smallest absolute Gasteiger partial charge is 0.329 e. The zero-order valence-electron chi connectivity index (χ0n) is 22.1. The average molecular weight is 546 g/mol. The van der Waals surface area contributed by atoms with E-state index in [0.29, 0.717) is 28.4 Å². The SMILES string of the molecule is O=C(O)[C@@H]1CN(C(=O)N2c3ccccc3C=Nc3ccccc32)CCN1C(=O)N(c1ccccc1)c1ccccc1. The Balaban J connectivity index is 1.32. The summed E-state index contributed by atoms with van der Waals surface area (Å²) in [6, 6.07) is 30.9. The highest BCUT2D eigenvalue weighted by atomic mass is 16.4. The number of fused-ring (bicyclic) bond motifs is 2. The fraction of sp³-hybridized carbons (Fsp3) is 0.125. The molecule has 6 rings (SSSR count). The predicted octanol–water partition coefficient (Wildman–Crippen LogP) is 6.04. The van der Waals surface area contributed by atoms with Crippen molar-refractivity contribution in [1.82, 2.24) is 9.80 Å². The van der Waals surface area contributed by atoms with Gasteiger partial charge in [0.2, 0.25) is 0 Å². The molecule has 4 amide bonds. The van der Waals surface area contributed by atoms with Crippen LogP contribution in [-0.2, 0) is 4.79 Å². The van der Waals surface area contributed by atoms with E-state index in [1.165, 1.54) is 14.7 Å². The Morgan fingerprint density at radius 3 is 1.98 bits per heavy atom. The molecule has 1 fully saturated rings. The van der Waals surface area contributed by atoms with Crippen LogP contribution >= 0.6 is 0 Å². The van der Waals surface area contributed by atoms with Crippen LogP contribution in [0.4, 0.5) is 38.0 Å². The molecular weight excluding hydrogens is 518 g/mol. The van der Waals surface area contributed by atoms with E-state index >= 15 is 0 Å². The van der Waals surface area contributed by atoms with Gasteiger partial charge in [0.15, 0.2) is 0 Å². The number of carbonyl (C=O) groups is 3. The highest BCUT2D eigenvalue weighted by molar-refractivity contribution is 6.08. The molecule has 1 N–H and O–H groups in total. The van der Waals surface area contributed by atoms with Gasteiger partial charge in [-0.2, -0.15) is 0 Å². The van der Waals surface area contributed by atoms with Crippen LogP contribution in [0.3, 0.4) is 0 Å². The van der Waals surface area contributed by atoms with E-state index in [2.05, 4.69) is 4.99 Å². The van der Waals surface area contributed by atoms with Crippen LogP contribution in [-0.4, -0.2) is 64.8 Å². The van der Waals surface area contributed by atoms with Crippen molar-refractivity contribution in [3.8, 4) is 0 Å². The van der Waals surface area contributed by atoms with Crippen molar-refractivity contribution < 1.29 is 19.5 Å². The molecule has 204 valence electrons. The molecule has 2 heterocycles. The molecule has 0 unspecified atom stereocenters. The van der Waals surface area contributed by atoms with Gasteiger partial charge in [-0.3, -0.25) is 14.8 Å². The summed E-state index contributed by atoms with van der Waals surface area (Å²) in [5.74, 6) is -1.18. The standard InChI is InChI=1S/C32H27N5O4/c38-30(39)29-22-34(31(40)37-27-17-9-7-11-23(27)21-33-26-16-8-10-18-28(26)37)19-20-35(29)32(41)36(24-12-3-1-4-13-24)25-14-5-2-6-15-25/h1-18,21,29H,19-20,22H2,(H,38,39)/t29-/m0/s1. The fourth-order valence-electron chi connectivity index (χ4n) is 5.23. The minimum Gasteiger partial charge on any atom is -0.480 e. The van der Waals surface area contributed by atoms with Crippen LogP contribution < -0.4 is 9.80 Å². The van der Waals surface area contributed by atoms with Crippen LogP contribution in [0, 0.1) is 0 Å². The zero-order chi connectivity index (χ0) is 28.3. The van der Waals surface area contributed by atoms with E-state index < -0.39 is 18.0 Å². The van der Waals surface area contributed by atoms with Gasteiger partial charge < -0.3 is 14.9 Å². The molecule has 9 nitrogen and oxygen atoms in total. The second kappa shape index (κ2) is 11.0. The first kappa shape index (κ1) is 25.8. The number of carboxylic acid groups (broad SMARTS) is 1. The van der Waals surface area contributed by atoms with Gasteiger partial charge in [0.25, 0.3) is 0 Å². The lowest BCUT2D eigenvalue weighted by molar-refractivity contribution is -0.143. The zero-order valence-corrected chi connectivity index (χ0v) is 22.1. The van der Waals surface area contributed by atoms with Gasteiger partial charge in [0.05, 0.1) is 35.0 Å². The van der Waals surface area contributed by atoms with E-state index in [1.54, 1.807) is 35.4 Å². The van der Waals surface area contributed by atoms with Crippen molar-refractivity contribution in [3.63, 3.8) is 0 Å². The first-order valence-corrected chi connectivity index (χ1v) is 13.3. The van der Waals surface area contributed by atoms with E-state index in [0.717, 1.165) is 5.56 Å². The van der Waals surface area contributed by atoms with E-state index in [9.17, 15) is 19.5 Å². The van der Waals surface area contributed by atoms with Gasteiger partial charge in [0.1, 0.15) is 6.04 Å². The Hall–Kier alpha value is -5.44. The summed E-state index contributed by atoms with van der Waals surface area (Å²) in [7, 11) is 0. The molecule has 41 heavy (non-hydrogen) atoms. The second-order valence-corrected chi connectivity index (χ2v) is 9.71. The summed E-state index contributed by atoms with van der Waals surface area (Å²) in [6.45, 7) is 0.0395. The predicted molar refractivity (Wildman–Crippen MR) is 158 cm³/mol. The van der Waals surface area contributed by atoms with E-state index in [-0.39, 0.29) is 25.7 Å². The first-order chi connectivity index (χ1) is 20.0. The molecule has 1 atom stereocenters. The molecule has 4 aromatic carbocycles. The Morgan fingerprint density at radius 1 is 0.732 bits per heavy atom. The molecule has 0 radical (unpaired) electrons. The highest BCUT2D eigenvalue weighted by Crippen LogP contribution is 2.39. The third-order valence-corrected chi connectivity index (χ3v) is 7.24. The minimum absolute atomic E-state index is 0.0470. The van der Waals surface area contributed by atoms with Gasteiger partial charge in [-0.1, -0.05) is 66.7 Å². The van der Waals surface area contributed by atoms with Gasteiger partial charge in [-0.25, -0.2) is 14.4 Å². The Morgan fingerprint density at radius 2 is 1.32 bits per heavy atom. The van der Waals surface area contributed by atoms with Crippen molar-refractivity contribution in [1.29, 1.82) is 0 Å². The number of nitrogens with zero attached hydrogens (tertiary/aromatic N) is 5. The van der Waals surface area contributed by atoms with E-state index in [1.807, 2.05) is 84.9 Å². The number of piperazine rings is 1. The van der Waals surface area contributed by atoms with Crippen LogP contribution in [0.1, 0.15) is 5.56 Å². The molecule has 9 heteroatoms. The molecule has 2 aliphatic heterocycles. The van der Waals surface area contributed by atoms with Crippen LogP contribution in [0.25, 0.3) is 0 Å². The van der Waals surface area contributed by atoms with Gasteiger partial charge in [-0.15, -0.1) is 0 Å². The number of amides is 4. The summed E-state index contributed by atoms with van der Waals surface area (Å²) in [5.41, 5.74) is 3.87. The number of carbonyl (C=O) groups excluding carboxylic acids is 2. The number of aliphatic carboxylic acids is 1. The van der Waals surface area contributed by atoms with Crippen molar-refractivity contribution in [3.05, 3.63) is 115 Å². The molecule has 4 aromatic rings. The molecule has 1 saturated heterocycles. The number of carboxylic acids is 1. The van der Waals surface area contributed by atoms with Crippen molar-refractivity contribution in [2.24, 2.45) is 4.99 Å². The summed E-state index contributed by atoms with van der Waals surface area (Å²) in [5, 5.41) is 10.3. The molecule has 0 aromatic heterocycles. The summed E-state index contributed by atoms with van der Waals surface area (Å²) >= 11 is 0. The lowest BCUT2D eigenvalue weighted by Gasteiger charge is -2.42. The summed E-state index contributed by atoms with van der Waals surface area (Å²) in [4.78, 5) is 51.2. The number of para-hydroxylation sites is 5. The maximum absolute atomic E-state index is 14.1. The Bertz CT molecular complexity index is 1540. The molecule has 0 bridgehead atoms. The fourth-order valence-corrected chi connectivity index (χ4v) is 5.23. The lowest BCUT2D eigenvalue weighted by atomic mass is 10.1. The summed E-state index contributed by atoms with van der Waals surface area (Å²) < 4.78 is 0. The third-order valence-electron chi connectivity index (χ3n) is 7.24. The number of aliphatic imine (C=N–C) groups is 1. The maximum atomic E-state index is 14.1. The van der Waals surface area contributed by atoms with Crippen LogP contribution in [0.2, 0.25) is 0 Å². The number of rotatable bonds is 3. The van der Waals surface area contributed by atoms with Crippen LogP contribution in [0.15, 0.2) is 114 Å². The molecule has 0 aliphatic carbocycles. The first-order valence-electron chi connectivity index (χ1n) is 13.3. The minimum atomic E-state index is -1.25. The van der Waals surface area contributed by atoms with Crippen molar-refractivity contribution >= 4 is 52.7 Å². The quantitative estimate of drug-likeness (QED) is 0.340. The van der Waals surface area contributed by atoms with Gasteiger partial charge >= 0.3 is 18.0 Å². The third kappa shape index (κ3) is 4.89. The monoisotopic (exact) mass is 545 g/mol. The molecule has 2 aliphatic rings. The normalized spacial score (nSPS) is 15.9. The number of benzene rings is 4. The lowest BCUT2D eigenvalue weighted by Crippen LogP contribution is -2.62. The topological polar surface area (TPSA) is 96.8 Å².